The number of carbonyl (C=O) groups is 1. The van der Waals surface area contributed by atoms with E-state index in [4.69, 9.17) is 4.74 Å². The maximum absolute atomic E-state index is 12.4. The van der Waals surface area contributed by atoms with Gasteiger partial charge in [0.2, 0.25) is 0 Å². The van der Waals surface area contributed by atoms with Crippen molar-refractivity contribution in [3.8, 4) is 0 Å². The normalized spacial score (nSPS) is 22.6. The molecule has 0 N–H and O–H groups in total. The van der Waals surface area contributed by atoms with E-state index in [0.717, 1.165) is 4.88 Å². The molecule has 21 heavy (non-hydrogen) atoms. The van der Waals surface area contributed by atoms with Crippen LogP contribution in [0.3, 0.4) is 0 Å². The molecule has 0 radical (unpaired) electrons. The SMILES string of the molecule is CC(C)(C)OC(=O)N1CCC(c2cccs2)S(=O)(=O)CC1. The lowest BCUT2D eigenvalue weighted by Gasteiger charge is -2.26. The zero-order valence-corrected chi connectivity index (χ0v) is 14.2. The Labute approximate surface area is 129 Å². The van der Waals surface area contributed by atoms with E-state index in [2.05, 4.69) is 0 Å². The van der Waals surface area contributed by atoms with Crippen LogP contribution < -0.4 is 0 Å². The van der Waals surface area contributed by atoms with Crippen molar-refractivity contribution in [3.05, 3.63) is 22.4 Å². The summed E-state index contributed by atoms with van der Waals surface area (Å²) < 4.78 is 30.1. The van der Waals surface area contributed by atoms with E-state index in [0.29, 0.717) is 13.0 Å². The molecule has 0 aromatic carbocycles. The molecule has 0 spiro atoms. The molecule has 1 amide bonds. The Morgan fingerprint density at radius 1 is 1.38 bits per heavy atom. The number of carbonyl (C=O) groups excluding carboxylic acids is 1. The van der Waals surface area contributed by atoms with Crippen molar-refractivity contribution >= 4 is 27.3 Å². The summed E-state index contributed by atoms with van der Waals surface area (Å²) in [4.78, 5) is 14.4. The summed E-state index contributed by atoms with van der Waals surface area (Å²) in [6.07, 6.45) is -0.0215. The number of hydrogen-bond donors (Lipinski definition) is 0. The van der Waals surface area contributed by atoms with Crippen LogP contribution in [0.25, 0.3) is 0 Å². The van der Waals surface area contributed by atoms with Gasteiger partial charge in [-0.15, -0.1) is 11.3 Å². The number of sulfone groups is 1. The van der Waals surface area contributed by atoms with Crippen LogP contribution in [0.2, 0.25) is 0 Å². The lowest BCUT2D eigenvalue weighted by atomic mass is 10.2. The molecule has 1 aromatic rings. The highest BCUT2D eigenvalue weighted by molar-refractivity contribution is 7.91. The Balaban J connectivity index is 2.12. The van der Waals surface area contributed by atoms with E-state index in [1.807, 2.05) is 17.5 Å². The molecule has 118 valence electrons. The number of nitrogens with zero attached hydrogens (tertiary/aromatic N) is 1. The molecule has 0 aliphatic carbocycles. The van der Waals surface area contributed by atoms with E-state index in [1.54, 1.807) is 20.8 Å². The standard InChI is InChI=1S/C14H21NO4S2/c1-14(2,3)19-13(16)15-7-6-12(11-5-4-9-20-11)21(17,18)10-8-15/h4-5,9,12H,6-8,10H2,1-3H3. The van der Waals surface area contributed by atoms with Crippen LogP contribution in [-0.4, -0.2) is 43.9 Å². The van der Waals surface area contributed by atoms with Gasteiger partial charge in [-0.2, -0.15) is 0 Å². The Hall–Kier alpha value is -1.08. The molecule has 1 fully saturated rings. The van der Waals surface area contributed by atoms with E-state index in [-0.39, 0.29) is 12.3 Å². The van der Waals surface area contributed by atoms with Crippen molar-refractivity contribution in [2.24, 2.45) is 0 Å². The molecular formula is C14H21NO4S2. The molecule has 1 saturated heterocycles. The van der Waals surface area contributed by atoms with Crippen molar-refractivity contribution in [1.82, 2.24) is 4.90 Å². The van der Waals surface area contributed by atoms with Crippen molar-refractivity contribution in [2.45, 2.75) is 38.0 Å². The van der Waals surface area contributed by atoms with Gasteiger partial charge in [-0.25, -0.2) is 13.2 Å². The summed E-state index contributed by atoms with van der Waals surface area (Å²) in [5.41, 5.74) is -0.574. The highest BCUT2D eigenvalue weighted by Gasteiger charge is 2.34. The molecular weight excluding hydrogens is 310 g/mol. The number of rotatable bonds is 1. The average Bonchev–Trinajstić information content (AvgIpc) is 2.79. The number of thiophene rings is 1. The van der Waals surface area contributed by atoms with Gasteiger partial charge in [0.05, 0.1) is 11.0 Å². The molecule has 0 bridgehead atoms. The second-order valence-corrected chi connectivity index (χ2v) is 9.41. The van der Waals surface area contributed by atoms with E-state index in [1.165, 1.54) is 16.2 Å². The second kappa shape index (κ2) is 5.96. The molecule has 2 rings (SSSR count). The maximum atomic E-state index is 12.4. The Bertz CT molecular complexity index is 587. The Morgan fingerprint density at radius 2 is 2.10 bits per heavy atom. The summed E-state index contributed by atoms with van der Waals surface area (Å²) in [5.74, 6) is -0.0190. The van der Waals surface area contributed by atoms with Gasteiger partial charge in [-0.05, 0) is 38.6 Å². The van der Waals surface area contributed by atoms with Crippen LogP contribution >= 0.6 is 11.3 Å². The molecule has 1 unspecified atom stereocenters. The van der Waals surface area contributed by atoms with Gasteiger partial charge in [0, 0.05) is 18.0 Å². The molecule has 7 heteroatoms. The zero-order chi connectivity index (χ0) is 15.7. The number of hydrogen-bond acceptors (Lipinski definition) is 5. The highest BCUT2D eigenvalue weighted by atomic mass is 32.2. The minimum Gasteiger partial charge on any atom is -0.444 e. The summed E-state index contributed by atoms with van der Waals surface area (Å²) in [7, 11) is -3.23. The number of amides is 1. The van der Waals surface area contributed by atoms with E-state index < -0.39 is 26.8 Å². The molecule has 1 aliphatic heterocycles. The average molecular weight is 331 g/mol. The quantitative estimate of drug-likeness (QED) is 0.794. The summed E-state index contributed by atoms with van der Waals surface area (Å²) >= 11 is 1.45. The predicted molar refractivity (Wildman–Crippen MR) is 83.3 cm³/mol. The van der Waals surface area contributed by atoms with Crippen LogP contribution in [0.15, 0.2) is 17.5 Å². The zero-order valence-electron chi connectivity index (χ0n) is 12.5. The van der Waals surface area contributed by atoms with Gasteiger partial charge in [-0.3, -0.25) is 0 Å². The van der Waals surface area contributed by atoms with Crippen LogP contribution in [0.5, 0.6) is 0 Å². The molecule has 0 saturated carbocycles. The minimum absolute atomic E-state index is 0.0190. The summed E-state index contributed by atoms with van der Waals surface area (Å²) in [6.45, 7) is 5.99. The predicted octanol–water partition coefficient (Wildman–Crippen LogP) is 2.84. The molecule has 2 heterocycles. The second-order valence-electron chi connectivity index (χ2n) is 6.13. The first-order chi connectivity index (χ1) is 9.69. The lowest BCUT2D eigenvalue weighted by Crippen LogP contribution is -2.38. The van der Waals surface area contributed by atoms with Crippen molar-refractivity contribution < 1.29 is 17.9 Å². The van der Waals surface area contributed by atoms with Crippen LogP contribution in [0.4, 0.5) is 4.79 Å². The summed E-state index contributed by atoms with van der Waals surface area (Å²) in [6, 6.07) is 3.70. The highest BCUT2D eigenvalue weighted by Crippen LogP contribution is 2.32. The minimum atomic E-state index is -3.23. The van der Waals surface area contributed by atoms with Gasteiger partial charge in [0.25, 0.3) is 0 Å². The first-order valence-corrected chi connectivity index (χ1v) is 9.51. The van der Waals surface area contributed by atoms with Gasteiger partial charge in [0.15, 0.2) is 9.84 Å². The fourth-order valence-corrected chi connectivity index (χ4v) is 5.25. The van der Waals surface area contributed by atoms with Gasteiger partial charge in [-0.1, -0.05) is 6.07 Å². The Morgan fingerprint density at radius 3 is 2.67 bits per heavy atom. The van der Waals surface area contributed by atoms with Crippen LogP contribution in [0, 0.1) is 0 Å². The Kier molecular flexibility index (Phi) is 4.63. The van der Waals surface area contributed by atoms with Crippen molar-refractivity contribution in [1.29, 1.82) is 0 Å². The first kappa shape index (κ1) is 16.3. The van der Waals surface area contributed by atoms with Gasteiger partial charge >= 0.3 is 6.09 Å². The van der Waals surface area contributed by atoms with Crippen molar-refractivity contribution in [2.75, 3.05) is 18.8 Å². The molecule has 5 nitrogen and oxygen atoms in total. The lowest BCUT2D eigenvalue weighted by molar-refractivity contribution is 0.0263. The first-order valence-electron chi connectivity index (χ1n) is 6.92. The van der Waals surface area contributed by atoms with E-state index >= 15 is 0 Å². The smallest absolute Gasteiger partial charge is 0.410 e. The largest absolute Gasteiger partial charge is 0.444 e. The third-order valence-electron chi connectivity index (χ3n) is 3.25. The maximum Gasteiger partial charge on any atom is 0.410 e. The van der Waals surface area contributed by atoms with Crippen molar-refractivity contribution in [3.63, 3.8) is 0 Å². The summed E-state index contributed by atoms with van der Waals surface area (Å²) in [5, 5.41) is 1.37. The third kappa shape index (κ3) is 4.20. The van der Waals surface area contributed by atoms with Crippen LogP contribution in [0.1, 0.15) is 37.3 Å². The van der Waals surface area contributed by atoms with Gasteiger partial charge < -0.3 is 9.64 Å². The fourth-order valence-electron chi connectivity index (χ4n) is 2.25. The molecule has 1 aliphatic rings. The van der Waals surface area contributed by atoms with E-state index in [9.17, 15) is 13.2 Å². The third-order valence-corrected chi connectivity index (χ3v) is 6.50. The molecule has 1 atom stereocenters. The molecule has 1 aromatic heterocycles. The van der Waals surface area contributed by atoms with Gasteiger partial charge in [0.1, 0.15) is 5.60 Å². The number of ether oxygens (including phenoxy) is 1. The monoisotopic (exact) mass is 331 g/mol. The van der Waals surface area contributed by atoms with Crippen LogP contribution in [-0.2, 0) is 14.6 Å². The fraction of sp³-hybridized carbons (Fsp3) is 0.643. The topological polar surface area (TPSA) is 63.7 Å².